The monoisotopic (exact) mass is 517 g/mol. The Hall–Kier alpha value is -3.26. The van der Waals surface area contributed by atoms with Gasteiger partial charge in [0.25, 0.3) is 0 Å². The standard InChI is InChI=1S/C22H39N5O9/c1-3-12(2)18(22(35)36)27-21(34)15(8-10-17(30)31)26-20(33)14(7-9-16(28)29)25-19(32)13(24)6-4-5-11-23/h12-15,18H,3-11,23-24H2,1-2H3,(H,25,32)(H,26,33)(H,27,34)(H,28,29)(H,30,31)(H,35,36). The molecule has 0 rings (SSSR count). The van der Waals surface area contributed by atoms with E-state index in [0.29, 0.717) is 25.8 Å². The summed E-state index contributed by atoms with van der Waals surface area (Å²) < 4.78 is 0. The van der Waals surface area contributed by atoms with Crippen molar-refractivity contribution in [3.63, 3.8) is 0 Å². The fraction of sp³-hybridized carbons (Fsp3) is 0.727. The number of hydrogen-bond donors (Lipinski definition) is 8. The smallest absolute Gasteiger partial charge is 0.326 e. The molecule has 3 amide bonds. The van der Waals surface area contributed by atoms with E-state index < -0.39 is 78.6 Å². The molecule has 10 N–H and O–H groups in total. The molecule has 0 heterocycles. The lowest BCUT2D eigenvalue weighted by atomic mass is 9.98. The molecule has 0 aliphatic rings. The van der Waals surface area contributed by atoms with Gasteiger partial charge >= 0.3 is 17.9 Å². The van der Waals surface area contributed by atoms with Crippen LogP contribution in [-0.4, -0.2) is 81.7 Å². The third-order valence-electron chi connectivity index (χ3n) is 5.64. The molecule has 0 spiro atoms. The third-order valence-corrected chi connectivity index (χ3v) is 5.64. The molecule has 14 heteroatoms. The van der Waals surface area contributed by atoms with Gasteiger partial charge in [0.05, 0.1) is 6.04 Å². The van der Waals surface area contributed by atoms with Crippen LogP contribution in [0, 0.1) is 5.92 Å². The number of carboxylic acids is 3. The first-order valence-electron chi connectivity index (χ1n) is 11.9. The number of carboxylic acid groups (broad SMARTS) is 3. The molecule has 0 fully saturated rings. The maximum atomic E-state index is 12.9. The fourth-order valence-corrected chi connectivity index (χ4v) is 3.20. The molecule has 36 heavy (non-hydrogen) atoms. The highest BCUT2D eigenvalue weighted by Gasteiger charge is 2.32. The van der Waals surface area contributed by atoms with E-state index in [9.17, 15) is 33.9 Å². The van der Waals surface area contributed by atoms with Gasteiger partial charge in [-0.15, -0.1) is 0 Å². The summed E-state index contributed by atoms with van der Waals surface area (Å²) in [7, 11) is 0. The van der Waals surface area contributed by atoms with Gasteiger partial charge in [0.1, 0.15) is 18.1 Å². The van der Waals surface area contributed by atoms with Crippen molar-refractivity contribution >= 4 is 35.6 Å². The fourth-order valence-electron chi connectivity index (χ4n) is 3.20. The average Bonchev–Trinajstić information content (AvgIpc) is 2.81. The van der Waals surface area contributed by atoms with Gasteiger partial charge in [-0.1, -0.05) is 26.7 Å². The number of aliphatic carboxylic acids is 3. The van der Waals surface area contributed by atoms with Gasteiger partial charge in [0.15, 0.2) is 0 Å². The average molecular weight is 518 g/mol. The van der Waals surface area contributed by atoms with E-state index in [1.54, 1.807) is 13.8 Å². The molecule has 14 nitrogen and oxygen atoms in total. The van der Waals surface area contributed by atoms with Crippen molar-refractivity contribution in [2.45, 2.75) is 89.4 Å². The lowest BCUT2D eigenvalue weighted by Gasteiger charge is -2.26. The first-order valence-corrected chi connectivity index (χ1v) is 11.9. The molecule has 0 aliphatic heterocycles. The van der Waals surface area contributed by atoms with Gasteiger partial charge in [-0.3, -0.25) is 24.0 Å². The maximum absolute atomic E-state index is 12.9. The van der Waals surface area contributed by atoms with Crippen LogP contribution < -0.4 is 27.4 Å². The SMILES string of the molecule is CCC(C)C(NC(=O)C(CCC(=O)O)NC(=O)C(CCC(=O)O)NC(=O)C(N)CCCCN)C(=O)O. The van der Waals surface area contributed by atoms with Crippen LogP contribution in [0.15, 0.2) is 0 Å². The minimum absolute atomic E-state index is 0.284. The number of hydrogen-bond acceptors (Lipinski definition) is 8. The summed E-state index contributed by atoms with van der Waals surface area (Å²) in [5.74, 6) is -6.78. The van der Waals surface area contributed by atoms with Crippen LogP contribution in [-0.2, 0) is 28.8 Å². The summed E-state index contributed by atoms with van der Waals surface area (Å²) in [5, 5.41) is 34.5. The molecule has 5 atom stereocenters. The second-order valence-electron chi connectivity index (χ2n) is 8.59. The van der Waals surface area contributed by atoms with E-state index in [2.05, 4.69) is 16.0 Å². The van der Waals surface area contributed by atoms with Crippen molar-refractivity contribution in [1.29, 1.82) is 0 Å². The predicted molar refractivity (Wildman–Crippen MR) is 128 cm³/mol. The van der Waals surface area contributed by atoms with Gasteiger partial charge < -0.3 is 42.7 Å². The van der Waals surface area contributed by atoms with E-state index in [1.165, 1.54) is 0 Å². The number of carbonyl (C=O) groups is 6. The van der Waals surface area contributed by atoms with Crippen LogP contribution in [0.4, 0.5) is 0 Å². The summed E-state index contributed by atoms with van der Waals surface area (Å²) in [4.78, 5) is 71.8. The summed E-state index contributed by atoms with van der Waals surface area (Å²) in [6, 6.07) is -5.07. The predicted octanol–water partition coefficient (Wildman–Crippen LogP) is -1.24. The Labute approximate surface area is 209 Å². The van der Waals surface area contributed by atoms with Gasteiger partial charge in [0, 0.05) is 12.8 Å². The Kier molecular flexibility index (Phi) is 15.7. The Balaban J connectivity index is 5.61. The van der Waals surface area contributed by atoms with Crippen LogP contribution in [0.3, 0.4) is 0 Å². The van der Waals surface area contributed by atoms with Crippen molar-refractivity contribution in [1.82, 2.24) is 16.0 Å². The first kappa shape index (κ1) is 32.7. The van der Waals surface area contributed by atoms with Crippen molar-refractivity contribution in [3.05, 3.63) is 0 Å². The van der Waals surface area contributed by atoms with Crippen LogP contribution >= 0.6 is 0 Å². The minimum atomic E-state index is -1.44. The summed E-state index contributed by atoms with van der Waals surface area (Å²) in [5.41, 5.74) is 11.2. The lowest BCUT2D eigenvalue weighted by Crippen LogP contribution is -2.57. The van der Waals surface area contributed by atoms with Crippen LogP contribution in [0.5, 0.6) is 0 Å². The third kappa shape index (κ3) is 13.0. The topological polar surface area (TPSA) is 251 Å². The number of nitrogens with two attached hydrogens (primary N) is 2. The number of carbonyl (C=O) groups excluding carboxylic acids is 3. The van der Waals surface area contributed by atoms with Crippen molar-refractivity contribution in [3.8, 4) is 0 Å². The largest absolute Gasteiger partial charge is 0.481 e. The van der Waals surface area contributed by atoms with E-state index in [0.717, 1.165) is 0 Å². The minimum Gasteiger partial charge on any atom is -0.481 e. The molecule has 206 valence electrons. The van der Waals surface area contributed by atoms with E-state index in [-0.39, 0.29) is 19.3 Å². The molecular weight excluding hydrogens is 478 g/mol. The molecule has 0 aliphatic carbocycles. The summed E-state index contributed by atoms with van der Waals surface area (Å²) in [6.07, 6.45) is 0.232. The molecule has 0 aromatic rings. The Morgan fingerprint density at radius 1 is 0.750 bits per heavy atom. The number of nitrogens with one attached hydrogen (secondary N) is 3. The van der Waals surface area contributed by atoms with Gasteiger partial charge in [-0.05, 0) is 38.1 Å². The molecular formula is C22H39N5O9. The first-order chi connectivity index (χ1) is 16.8. The molecule has 0 bridgehead atoms. The normalized spacial score (nSPS) is 15.0. The van der Waals surface area contributed by atoms with Gasteiger partial charge in [-0.2, -0.15) is 0 Å². The Morgan fingerprint density at radius 2 is 1.22 bits per heavy atom. The van der Waals surface area contributed by atoms with Crippen LogP contribution in [0.25, 0.3) is 0 Å². The zero-order chi connectivity index (χ0) is 27.8. The zero-order valence-electron chi connectivity index (χ0n) is 20.7. The quantitative estimate of drug-likeness (QED) is 0.0940. The van der Waals surface area contributed by atoms with Crippen molar-refractivity contribution < 1.29 is 44.1 Å². The van der Waals surface area contributed by atoms with Crippen LogP contribution in [0.2, 0.25) is 0 Å². The molecule has 0 saturated heterocycles. The molecule has 0 saturated carbocycles. The Bertz CT molecular complexity index is 777. The summed E-state index contributed by atoms with van der Waals surface area (Å²) in [6.45, 7) is 3.75. The molecule has 5 unspecified atom stereocenters. The van der Waals surface area contributed by atoms with Gasteiger partial charge in [-0.25, -0.2) is 4.79 Å². The highest BCUT2D eigenvalue weighted by Crippen LogP contribution is 2.10. The van der Waals surface area contributed by atoms with E-state index >= 15 is 0 Å². The number of unbranched alkanes of at least 4 members (excludes halogenated alkanes) is 1. The Morgan fingerprint density at radius 3 is 1.64 bits per heavy atom. The molecule has 0 aromatic carbocycles. The number of amides is 3. The van der Waals surface area contributed by atoms with Gasteiger partial charge in [0.2, 0.25) is 17.7 Å². The van der Waals surface area contributed by atoms with E-state index in [1.807, 2.05) is 0 Å². The summed E-state index contributed by atoms with van der Waals surface area (Å²) >= 11 is 0. The molecule has 0 radical (unpaired) electrons. The lowest BCUT2D eigenvalue weighted by molar-refractivity contribution is -0.144. The van der Waals surface area contributed by atoms with Crippen molar-refractivity contribution in [2.75, 3.05) is 6.54 Å². The van der Waals surface area contributed by atoms with Crippen molar-refractivity contribution in [2.24, 2.45) is 17.4 Å². The zero-order valence-corrected chi connectivity index (χ0v) is 20.7. The van der Waals surface area contributed by atoms with E-state index in [4.69, 9.17) is 21.7 Å². The second kappa shape index (κ2) is 17.2. The second-order valence-corrected chi connectivity index (χ2v) is 8.59. The molecule has 0 aromatic heterocycles. The highest BCUT2D eigenvalue weighted by atomic mass is 16.4. The maximum Gasteiger partial charge on any atom is 0.326 e. The van der Waals surface area contributed by atoms with Crippen LogP contribution in [0.1, 0.15) is 65.2 Å². The number of rotatable bonds is 19. The highest BCUT2D eigenvalue weighted by molar-refractivity contribution is 5.94.